The zero-order valence-corrected chi connectivity index (χ0v) is 28.8. The molecule has 13 nitrogen and oxygen atoms in total. The van der Waals surface area contributed by atoms with Crippen molar-refractivity contribution in [2.24, 2.45) is 0 Å². The average molecular weight is 775 g/mol. The van der Waals surface area contributed by atoms with Gasteiger partial charge in [0, 0.05) is 48.4 Å². The highest BCUT2D eigenvalue weighted by molar-refractivity contribution is 7.91. The molecule has 4 rings (SSSR count). The van der Waals surface area contributed by atoms with Crippen molar-refractivity contribution >= 4 is 99.4 Å². The molecule has 0 amide bonds. The van der Waals surface area contributed by atoms with Gasteiger partial charge in [0.05, 0.1) is 44.1 Å². The molecule has 0 saturated carbocycles. The summed E-state index contributed by atoms with van der Waals surface area (Å²) in [7, 11) is -7.00. The second kappa shape index (κ2) is 16.5. The van der Waals surface area contributed by atoms with Gasteiger partial charge in [0.2, 0.25) is 0 Å². The Morgan fingerprint density at radius 2 is 1.07 bits per heavy atom. The number of benzene rings is 2. The number of aromatic nitrogens is 4. The molecule has 2 aromatic carbocycles. The molecule has 246 valence electrons. The molecule has 0 fully saturated rings. The smallest absolute Gasteiger partial charge is 0.337 e. The summed E-state index contributed by atoms with van der Waals surface area (Å²) in [4.78, 5) is 41.3. The minimum Gasteiger partial charge on any atom is -0.478 e. The lowest BCUT2D eigenvalue weighted by Crippen LogP contribution is -2.11. The van der Waals surface area contributed by atoms with Crippen LogP contribution in [-0.2, 0) is 42.4 Å². The molecule has 0 unspecified atom stereocenters. The van der Waals surface area contributed by atoms with Crippen LogP contribution in [0.1, 0.15) is 31.8 Å². The van der Waals surface area contributed by atoms with Crippen molar-refractivity contribution in [3.63, 3.8) is 0 Å². The molecule has 0 aliphatic rings. The van der Waals surface area contributed by atoms with Crippen LogP contribution in [0, 0.1) is 0 Å². The van der Waals surface area contributed by atoms with Gasteiger partial charge in [-0.3, -0.25) is 23.7 Å². The third kappa shape index (κ3) is 10.9. The van der Waals surface area contributed by atoms with E-state index in [1.54, 1.807) is 30.7 Å². The minimum atomic E-state index is -3.52. The quantitative estimate of drug-likeness (QED) is 0.185. The second-order valence-corrected chi connectivity index (χ2v) is 14.6. The molecule has 20 heteroatoms. The van der Waals surface area contributed by atoms with Crippen LogP contribution in [0.2, 0.25) is 10.0 Å². The molecule has 2 heterocycles. The number of rotatable bonds is 9. The first-order valence-electron chi connectivity index (χ1n) is 12.1. The fraction of sp³-hybridized carbons (Fsp3) is 0.154. The van der Waals surface area contributed by atoms with Gasteiger partial charge in [0.15, 0.2) is 19.7 Å². The van der Waals surface area contributed by atoms with E-state index in [0.29, 0.717) is 5.56 Å². The van der Waals surface area contributed by atoms with E-state index in [4.69, 9.17) is 39.9 Å². The maximum absolute atomic E-state index is 11.8. The molecule has 46 heavy (non-hydrogen) atoms. The van der Waals surface area contributed by atoms with Gasteiger partial charge in [-0.2, -0.15) is 10.2 Å². The number of carbonyl (C=O) groups excluding carboxylic acids is 3. The topological polar surface area (TPSA) is 192 Å². The van der Waals surface area contributed by atoms with E-state index in [9.17, 15) is 36.0 Å². The molecule has 0 saturated heterocycles. The van der Waals surface area contributed by atoms with Crippen LogP contribution in [0.25, 0.3) is 0 Å². The molecule has 0 aliphatic heterocycles. The molecule has 0 radical (unpaired) electrons. The summed E-state index contributed by atoms with van der Waals surface area (Å²) >= 11 is 26.6. The number of halogens is 5. The summed E-state index contributed by atoms with van der Waals surface area (Å²) in [6.07, 6.45) is 8.52. The van der Waals surface area contributed by atoms with E-state index in [1.807, 2.05) is 0 Å². The molecule has 0 bridgehead atoms. The molecule has 2 aromatic heterocycles. The SMILES string of the molecule is CS(=O)(=O)c1ccc(C(=O)Cl)c(Cl)c1Cn1cccn1.CS(=O)(=O)c1ccc(C(=O)O)c(Cl)c1Cn1cccn1.O=C(Cl)C(=O)Cl. The van der Waals surface area contributed by atoms with Crippen molar-refractivity contribution < 1.29 is 41.1 Å². The van der Waals surface area contributed by atoms with Gasteiger partial charge >= 0.3 is 16.5 Å². The highest BCUT2D eigenvalue weighted by Gasteiger charge is 2.23. The van der Waals surface area contributed by atoms with Crippen molar-refractivity contribution in [3.05, 3.63) is 93.5 Å². The first kappa shape index (κ1) is 38.9. The zero-order chi connectivity index (χ0) is 35.0. The Morgan fingerprint density at radius 1 is 0.696 bits per heavy atom. The Bertz CT molecular complexity index is 1840. The molecular weight excluding hydrogens is 754 g/mol. The fourth-order valence-electron chi connectivity index (χ4n) is 3.63. The average Bonchev–Trinajstić information content (AvgIpc) is 3.64. The number of carboxylic acids is 1. The monoisotopic (exact) mass is 772 g/mol. The zero-order valence-electron chi connectivity index (χ0n) is 23.4. The number of aromatic carboxylic acids is 1. The van der Waals surface area contributed by atoms with Crippen LogP contribution < -0.4 is 0 Å². The summed E-state index contributed by atoms with van der Waals surface area (Å²) in [6.45, 7) is 0.210. The third-order valence-electron chi connectivity index (χ3n) is 5.55. The largest absolute Gasteiger partial charge is 0.478 e. The summed E-state index contributed by atoms with van der Waals surface area (Å²) in [5.41, 5.74) is 0.450. The lowest BCUT2D eigenvalue weighted by Gasteiger charge is -2.12. The fourth-order valence-corrected chi connectivity index (χ4v) is 6.42. The van der Waals surface area contributed by atoms with E-state index in [-0.39, 0.29) is 49.6 Å². The summed E-state index contributed by atoms with van der Waals surface area (Å²) in [5.74, 6) is -1.21. The van der Waals surface area contributed by atoms with Crippen LogP contribution in [0.4, 0.5) is 0 Å². The Labute approximate surface area is 287 Å². The van der Waals surface area contributed by atoms with Crippen LogP contribution in [0.5, 0.6) is 0 Å². The summed E-state index contributed by atoms with van der Waals surface area (Å²) in [5, 5.41) is 13.9. The summed E-state index contributed by atoms with van der Waals surface area (Å²) in [6, 6.07) is 8.45. The lowest BCUT2D eigenvalue weighted by atomic mass is 10.1. The van der Waals surface area contributed by atoms with Gasteiger partial charge in [0.1, 0.15) is 0 Å². The summed E-state index contributed by atoms with van der Waals surface area (Å²) < 4.78 is 50.2. The number of nitrogens with zero attached hydrogens (tertiary/aromatic N) is 4. The van der Waals surface area contributed by atoms with Gasteiger partial charge < -0.3 is 5.11 Å². The maximum Gasteiger partial charge on any atom is 0.337 e. The predicted molar refractivity (Wildman–Crippen MR) is 171 cm³/mol. The normalized spacial score (nSPS) is 11.0. The van der Waals surface area contributed by atoms with Crippen molar-refractivity contribution in [2.45, 2.75) is 22.9 Å². The van der Waals surface area contributed by atoms with E-state index in [2.05, 4.69) is 33.4 Å². The van der Waals surface area contributed by atoms with Gasteiger partial charge in [-0.1, -0.05) is 23.2 Å². The Morgan fingerprint density at radius 3 is 1.35 bits per heavy atom. The first-order valence-corrected chi connectivity index (χ1v) is 17.7. The van der Waals surface area contributed by atoms with E-state index in [1.165, 1.54) is 39.8 Å². The van der Waals surface area contributed by atoms with Gasteiger partial charge in [0.25, 0.3) is 5.24 Å². The predicted octanol–water partition coefficient (Wildman–Crippen LogP) is 4.57. The van der Waals surface area contributed by atoms with Crippen LogP contribution in [0.15, 0.2) is 71.0 Å². The lowest BCUT2D eigenvalue weighted by molar-refractivity contribution is -0.127. The van der Waals surface area contributed by atoms with Crippen molar-refractivity contribution in [1.82, 2.24) is 19.6 Å². The third-order valence-corrected chi connectivity index (χ3v) is 9.42. The molecule has 0 spiro atoms. The molecule has 1 N–H and O–H groups in total. The molecular formula is C26H21Cl5N4O9S2. The standard InChI is InChI=1S/C12H10Cl2N2O3S.C12H11ClN2O4S.C2Cl2O2/c1-20(18,19)10-4-3-8(12(14)17)11(13)9(10)7-16-6-2-5-15-16;1-20(18,19)10-4-3-8(12(16)17)11(13)9(10)7-15-6-2-5-14-15;3-1(5)2(4)6/h2-6H,7H2,1H3;2-6H,7H2,1H3,(H,16,17);. The number of hydrogen-bond donors (Lipinski definition) is 1. The van der Waals surface area contributed by atoms with Crippen molar-refractivity contribution in [2.75, 3.05) is 12.5 Å². The van der Waals surface area contributed by atoms with Gasteiger partial charge in [-0.15, -0.1) is 0 Å². The number of hydrogen-bond acceptors (Lipinski definition) is 10. The van der Waals surface area contributed by atoms with E-state index in [0.717, 1.165) is 12.5 Å². The number of sulfone groups is 2. The minimum absolute atomic E-state index is 0.00278. The molecule has 0 atom stereocenters. The van der Waals surface area contributed by atoms with Crippen molar-refractivity contribution in [1.29, 1.82) is 0 Å². The van der Waals surface area contributed by atoms with E-state index < -0.39 is 41.4 Å². The number of carboxylic acid groups (broad SMARTS) is 1. The van der Waals surface area contributed by atoms with Gasteiger partial charge in [-0.25, -0.2) is 21.6 Å². The van der Waals surface area contributed by atoms with Crippen LogP contribution in [0.3, 0.4) is 0 Å². The highest BCUT2D eigenvalue weighted by atomic mass is 35.5. The van der Waals surface area contributed by atoms with Crippen molar-refractivity contribution in [3.8, 4) is 0 Å². The van der Waals surface area contributed by atoms with E-state index >= 15 is 0 Å². The molecule has 0 aliphatic carbocycles. The maximum atomic E-state index is 11.8. The molecule has 4 aromatic rings. The highest BCUT2D eigenvalue weighted by Crippen LogP contribution is 2.30. The van der Waals surface area contributed by atoms with Gasteiger partial charge in [-0.05, 0) is 71.2 Å². The van der Waals surface area contributed by atoms with Crippen LogP contribution >= 0.6 is 58.0 Å². The Kier molecular flexibility index (Phi) is 13.9. The Balaban J connectivity index is 0.000000273. The first-order chi connectivity index (χ1) is 21.2. The number of carbonyl (C=O) groups is 4. The second-order valence-electron chi connectivity index (χ2n) is 8.89. The Hall–Kier alpha value is -3.31. The van der Waals surface area contributed by atoms with Crippen LogP contribution in [-0.4, -0.2) is 75.7 Å².